The van der Waals surface area contributed by atoms with E-state index in [9.17, 15) is 0 Å². The van der Waals surface area contributed by atoms with Crippen LogP contribution in [0.5, 0.6) is 0 Å². The Morgan fingerprint density at radius 3 is 2.29 bits per heavy atom. The van der Waals surface area contributed by atoms with Crippen molar-refractivity contribution < 1.29 is 0 Å². The summed E-state index contributed by atoms with van der Waals surface area (Å²) in [6.07, 6.45) is 2.61. The maximum absolute atomic E-state index is 5.75. The first-order valence-electron chi connectivity index (χ1n) is 5.74. The zero-order valence-corrected chi connectivity index (χ0v) is 10.3. The van der Waals surface area contributed by atoms with Gasteiger partial charge in [-0.15, -0.1) is 0 Å². The van der Waals surface area contributed by atoms with Crippen LogP contribution in [0.15, 0.2) is 0 Å². The lowest BCUT2D eigenvalue weighted by Crippen LogP contribution is -2.41. The Morgan fingerprint density at radius 2 is 1.93 bits per heavy atom. The van der Waals surface area contributed by atoms with Crippen LogP contribution in [-0.2, 0) is 0 Å². The number of rotatable bonds is 4. The first-order chi connectivity index (χ1) is 6.69. The molecule has 1 unspecified atom stereocenters. The first kappa shape index (κ1) is 12.3. The summed E-state index contributed by atoms with van der Waals surface area (Å²) in [5.74, 6) is 2.39. The Morgan fingerprint density at radius 1 is 1.36 bits per heavy atom. The Bertz CT molecular complexity index is 149. The normalized spacial score (nSPS) is 22.9. The monoisotopic (exact) mass is 216 g/mol. The summed E-state index contributed by atoms with van der Waals surface area (Å²) in [6.45, 7) is 7.84. The molecule has 0 aliphatic carbocycles. The molecule has 84 valence electrons. The zero-order chi connectivity index (χ0) is 10.6. The lowest BCUT2D eigenvalue weighted by molar-refractivity contribution is 0.128. The lowest BCUT2D eigenvalue weighted by Gasteiger charge is -2.37. The molecule has 2 N–H and O–H groups in total. The van der Waals surface area contributed by atoms with E-state index in [1.54, 1.807) is 0 Å². The van der Waals surface area contributed by atoms with Gasteiger partial charge in [0.15, 0.2) is 0 Å². The molecular formula is C11H24N2S. The van der Waals surface area contributed by atoms with Crippen LogP contribution in [-0.4, -0.2) is 36.3 Å². The van der Waals surface area contributed by atoms with Crippen LogP contribution in [0.25, 0.3) is 0 Å². The van der Waals surface area contributed by atoms with Gasteiger partial charge in [0.05, 0.1) is 0 Å². The maximum Gasteiger partial charge on any atom is 0.00385 e. The molecule has 1 saturated heterocycles. The minimum Gasteiger partial charge on any atom is -0.330 e. The summed E-state index contributed by atoms with van der Waals surface area (Å²) in [7, 11) is 0. The van der Waals surface area contributed by atoms with Crippen molar-refractivity contribution >= 4 is 12.6 Å². The molecule has 1 heterocycles. The number of hydrogen-bond acceptors (Lipinski definition) is 3. The second-order valence-corrected chi connectivity index (χ2v) is 5.01. The van der Waals surface area contributed by atoms with Gasteiger partial charge in [-0.1, -0.05) is 0 Å². The van der Waals surface area contributed by atoms with Gasteiger partial charge in [0.25, 0.3) is 0 Å². The summed E-state index contributed by atoms with van der Waals surface area (Å²) < 4.78 is 0. The average Bonchev–Trinajstić information content (AvgIpc) is 2.20. The predicted octanol–water partition coefficient (Wildman–Crippen LogP) is 1.61. The van der Waals surface area contributed by atoms with Gasteiger partial charge in [-0.05, 0) is 63.9 Å². The van der Waals surface area contributed by atoms with Gasteiger partial charge >= 0.3 is 0 Å². The molecule has 1 atom stereocenters. The Kier molecular flexibility index (Phi) is 5.28. The summed E-state index contributed by atoms with van der Waals surface area (Å²) >= 11 is 4.38. The van der Waals surface area contributed by atoms with Crippen molar-refractivity contribution in [3.05, 3.63) is 0 Å². The molecule has 0 amide bonds. The quantitative estimate of drug-likeness (QED) is 0.699. The van der Waals surface area contributed by atoms with Crippen LogP contribution in [0.3, 0.4) is 0 Å². The zero-order valence-electron chi connectivity index (χ0n) is 9.45. The number of hydrogen-bond donors (Lipinski definition) is 2. The van der Waals surface area contributed by atoms with Gasteiger partial charge in [-0.2, -0.15) is 12.6 Å². The van der Waals surface area contributed by atoms with Crippen LogP contribution < -0.4 is 5.73 Å². The average molecular weight is 216 g/mol. The van der Waals surface area contributed by atoms with Gasteiger partial charge in [-0.3, -0.25) is 0 Å². The third kappa shape index (κ3) is 3.14. The number of nitrogens with zero attached hydrogens (tertiary/aromatic N) is 1. The van der Waals surface area contributed by atoms with Crippen LogP contribution in [0.2, 0.25) is 0 Å². The van der Waals surface area contributed by atoms with Crippen LogP contribution in [0.4, 0.5) is 0 Å². The van der Waals surface area contributed by atoms with E-state index in [2.05, 4.69) is 31.4 Å². The predicted molar refractivity (Wildman–Crippen MR) is 65.8 cm³/mol. The van der Waals surface area contributed by atoms with E-state index in [1.165, 1.54) is 25.9 Å². The van der Waals surface area contributed by atoms with E-state index in [1.807, 2.05) is 0 Å². The second-order valence-electron chi connectivity index (χ2n) is 4.65. The number of thiol groups is 1. The van der Waals surface area contributed by atoms with Crippen molar-refractivity contribution in [2.45, 2.75) is 32.7 Å². The molecule has 0 spiro atoms. The molecule has 2 nitrogen and oxygen atoms in total. The van der Waals surface area contributed by atoms with E-state index in [4.69, 9.17) is 5.73 Å². The van der Waals surface area contributed by atoms with Gasteiger partial charge in [-0.25, -0.2) is 0 Å². The number of likely N-dealkylation sites (tertiary alicyclic amines) is 1. The molecule has 1 fully saturated rings. The Hall–Kier alpha value is 0.270. The standard InChI is InChI=1S/C11H24N2S/c1-9(2)13-5-3-10(4-6-13)11(7-12)8-14/h9-11,14H,3-8,12H2,1-2H3. The van der Waals surface area contributed by atoms with Gasteiger partial charge < -0.3 is 10.6 Å². The SMILES string of the molecule is CC(C)N1CCC(C(CN)CS)CC1. The van der Waals surface area contributed by atoms with Crippen molar-refractivity contribution in [3.63, 3.8) is 0 Å². The molecule has 0 saturated carbocycles. The van der Waals surface area contributed by atoms with Crippen LogP contribution in [0.1, 0.15) is 26.7 Å². The molecule has 3 heteroatoms. The fourth-order valence-electron chi connectivity index (χ4n) is 2.32. The molecular weight excluding hydrogens is 192 g/mol. The van der Waals surface area contributed by atoms with E-state index in [-0.39, 0.29) is 0 Å². The van der Waals surface area contributed by atoms with Crippen molar-refractivity contribution in [1.82, 2.24) is 4.90 Å². The fourth-order valence-corrected chi connectivity index (χ4v) is 2.77. The highest BCUT2D eigenvalue weighted by molar-refractivity contribution is 7.80. The minimum atomic E-state index is 0.632. The van der Waals surface area contributed by atoms with Crippen LogP contribution >= 0.6 is 12.6 Å². The third-order valence-electron chi connectivity index (χ3n) is 3.51. The van der Waals surface area contributed by atoms with Crippen molar-refractivity contribution in [2.24, 2.45) is 17.6 Å². The second kappa shape index (κ2) is 5.99. The molecule has 0 aromatic heterocycles. The molecule has 0 radical (unpaired) electrons. The van der Waals surface area contributed by atoms with E-state index in [0.717, 1.165) is 18.2 Å². The van der Waals surface area contributed by atoms with E-state index >= 15 is 0 Å². The smallest absolute Gasteiger partial charge is 0.00385 e. The molecule has 0 aromatic carbocycles. The van der Waals surface area contributed by atoms with Crippen LogP contribution in [0, 0.1) is 11.8 Å². The van der Waals surface area contributed by atoms with Gasteiger partial charge in [0.2, 0.25) is 0 Å². The topological polar surface area (TPSA) is 29.3 Å². The highest BCUT2D eigenvalue weighted by atomic mass is 32.1. The maximum atomic E-state index is 5.75. The van der Waals surface area contributed by atoms with Crippen molar-refractivity contribution in [3.8, 4) is 0 Å². The summed E-state index contributed by atoms with van der Waals surface area (Å²) in [5.41, 5.74) is 5.75. The highest BCUT2D eigenvalue weighted by Crippen LogP contribution is 2.26. The van der Waals surface area contributed by atoms with E-state index in [0.29, 0.717) is 12.0 Å². The van der Waals surface area contributed by atoms with Gasteiger partial charge in [0, 0.05) is 6.04 Å². The molecule has 1 aliphatic heterocycles. The third-order valence-corrected chi connectivity index (χ3v) is 3.98. The Labute approximate surface area is 93.6 Å². The molecule has 1 rings (SSSR count). The summed E-state index contributed by atoms with van der Waals surface area (Å²) in [4.78, 5) is 2.56. The highest BCUT2D eigenvalue weighted by Gasteiger charge is 2.25. The molecule has 0 bridgehead atoms. The minimum absolute atomic E-state index is 0.632. The van der Waals surface area contributed by atoms with Gasteiger partial charge in [0.1, 0.15) is 0 Å². The summed E-state index contributed by atoms with van der Waals surface area (Å²) in [6, 6.07) is 0.697. The number of nitrogens with two attached hydrogens (primary N) is 1. The molecule has 1 aliphatic rings. The van der Waals surface area contributed by atoms with E-state index < -0.39 is 0 Å². The molecule has 14 heavy (non-hydrogen) atoms. The first-order valence-corrected chi connectivity index (χ1v) is 6.37. The Balaban J connectivity index is 2.34. The largest absolute Gasteiger partial charge is 0.330 e. The lowest BCUT2D eigenvalue weighted by atomic mass is 9.85. The van der Waals surface area contributed by atoms with Crippen molar-refractivity contribution in [2.75, 3.05) is 25.4 Å². The number of piperidine rings is 1. The fraction of sp³-hybridized carbons (Fsp3) is 1.00. The summed E-state index contributed by atoms with van der Waals surface area (Å²) in [5, 5.41) is 0. The molecule has 0 aromatic rings. The van der Waals surface area contributed by atoms with Crippen molar-refractivity contribution in [1.29, 1.82) is 0 Å².